The second-order valence-electron chi connectivity index (χ2n) is 2.69. The van der Waals surface area contributed by atoms with Crippen LogP contribution in [0, 0.1) is 0 Å². The van der Waals surface area contributed by atoms with Crippen LogP contribution in [0.4, 0.5) is 0 Å². The van der Waals surface area contributed by atoms with Crippen molar-refractivity contribution >= 4 is 5.91 Å². The van der Waals surface area contributed by atoms with Crippen LogP contribution in [0.5, 0.6) is 5.75 Å². The van der Waals surface area contributed by atoms with Crippen LogP contribution in [-0.4, -0.2) is 19.1 Å². The Morgan fingerprint density at radius 3 is 2.54 bits per heavy atom. The lowest BCUT2D eigenvalue weighted by molar-refractivity contribution is -0.126. The first-order valence-electron chi connectivity index (χ1n) is 4.17. The quantitative estimate of drug-likeness (QED) is 0.757. The van der Waals surface area contributed by atoms with Crippen molar-refractivity contribution in [3.63, 3.8) is 0 Å². The number of carbonyl (C=O) groups excluding carboxylic acids is 1. The molecule has 1 rings (SSSR count). The van der Waals surface area contributed by atoms with Crippen molar-refractivity contribution in [2.45, 2.75) is 13.0 Å². The van der Waals surface area contributed by atoms with Crippen molar-refractivity contribution in [2.75, 3.05) is 7.05 Å². The van der Waals surface area contributed by atoms with Gasteiger partial charge in [-0.25, -0.2) is 0 Å². The smallest absolute Gasteiger partial charge is 0.260 e. The van der Waals surface area contributed by atoms with E-state index in [-0.39, 0.29) is 5.91 Å². The fraction of sp³-hybridized carbons (Fsp3) is 0.300. The van der Waals surface area contributed by atoms with Crippen molar-refractivity contribution in [3.05, 3.63) is 30.3 Å². The highest BCUT2D eigenvalue weighted by Gasteiger charge is 2.11. The molecule has 0 spiro atoms. The topological polar surface area (TPSA) is 38.3 Å². The first-order chi connectivity index (χ1) is 6.24. The summed E-state index contributed by atoms with van der Waals surface area (Å²) in [6.45, 7) is 1.71. The number of benzene rings is 1. The molecule has 0 aliphatic heterocycles. The van der Waals surface area contributed by atoms with Crippen LogP contribution in [-0.2, 0) is 4.79 Å². The van der Waals surface area contributed by atoms with Gasteiger partial charge in [0.15, 0.2) is 6.10 Å². The highest BCUT2D eigenvalue weighted by Crippen LogP contribution is 2.10. The Balaban J connectivity index is 2.55. The molecule has 0 heterocycles. The molecule has 0 radical (unpaired) electrons. The summed E-state index contributed by atoms with van der Waals surface area (Å²) >= 11 is 0. The van der Waals surface area contributed by atoms with E-state index in [9.17, 15) is 4.79 Å². The van der Waals surface area contributed by atoms with Crippen LogP contribution in [0.2, 0.25) is 0 Å². The van der Waals surface area contributed by atoms with Crippen LogP contribution in [0.15, 0.2) is 30.3 Å². The van der Waals surface area contributed by atoms with E-state index in [0.717, 1.165) is 0 Å². The summed E-state index contributed by atoms with van der Waals surface area (Å²) in [4.78, 5) is 11.1. The van der Waals surface area contributed by atoms with Gasteiger partial charge in [0.05, 0.1) is 0 Å². The monoisotopic (exact) mass is 179 g/mol. The number of likely N-dealkylation sites (N-methyl/N-ethyl adjacent to an activating group) is 1. The Hall–Kier alpha value is -1.51. The largest absolute Gasteiger partial charge is 0.481 e. The molecule has 70 valence electrons. The zero-order valence-electron chi connectivity index (χ0n) is 7.78. The molecule has 1 aromatic carbocycles. The maximum absolute atomic E-state index is 11.1. The molecule has 0 unspecified atom stereocenters. The summed E-state index contributed by atoms with van der Waals surface area (Å²) in [5.41, 5.74) is 0. The molecule has 0 fully saturated rings. The lowest BCUT2D eigenvalue weighted by Gasteiger charge is -2.12. The van der Waals surface area contributed by atoms with Gasteiger partial charge in [-0.05, 0) is 19.1 Å². The van der Waals surface area contributed by atoms with Gasteiger partial charge in [0, 0.05) is 7.05 Å². The number of hydrogen-bond acceptors (Lipinski definition) is 2. The van der Waals surface area contributed by atoms with Crippen molar-refractivity contribution in [1.29, 1.82) is 0 Å². The van der Waals surface area contributed by atoms with Crippen molar-refractivity contribution in [3.8, 4) is 5.75 Å². The fourth-order valence-corrected chi connectivity index (χ4v) is 0.960. The van der Waals surface area contributed by atoms with Gasteiger partial charge < -0.3 is 10.1 Å². The second kappa shape index (κ2) is 4.50. The molecule has 0 saturated heterocycles. The van der Waals surface area contributed by atoms with E-state index in [1.165, 1.54) is 0 Å². The Bertz CT molecular complexity index is 272. The third-order valence-corrected chi connectivity index (χ3v) is 1.67. The Morgan fingerprint density at radius 2 is 2.00 bits per heavy atom. The standard InChI is InChI=1S/C10H13NO2/c1-8(10(12)11-2)13-9-6-4-3-5-7-9/h3-8H,1-2H3,(H,11,12)/t8-/m0/s1. The number of amides is 1. The van der Waals surface area contributed by atoms with Crippen LogP contribution in [0.25, 0.3) is 0 Å². The molecule has 1 atom stereocenters. The van der Waals surface area contributed by atoms with Gasteiger partial charge >= 0.3 is 0 Å². The van der Waals surface area contributed by atoms with Gasteiger partial charge in [-0.3, -0.25) is 4.79 Å². The first-order valence-corrected chi connectivity index (χ1v) is 4.17. The lowest BCUT2D eigenvalue weighted by atomic mass is 10.3. The van der Waals surface area contributed by atoms with E-state index in [4.69, 9.17) is 4.74 Å². The summed E-state index contributed by atoms with van der Waals surface area (Å²) in [5, 5.41) is 2.52. The van der Waals surface area contributed by atoms with Gasteiger partial charge in [-0.15, -0.1) is 0 Å². The van der Waals surface area contributed by atoms with Crippen LogP contribution in [0.3, 0.4) is 0 Å². The molecule has 0 aliphatic carbocycles. The SMILES string of the molecule is CNC(=O)[C@H](C)Oc1ccccc1. The number of ether oxygens (including phenoxy) is 1. The minimum absolute atomic E-state index is 0.121. The van der Waals surface area contributed by atoms with Gasteiger partial charge in [-0.1, -0.05) is 18.2 Å². The Morgan fingerprint density at radius 1 is 1.38 bits per heavy atom. The Kier molecular flexibility index (Phi) is 3.31. The highest BCUT2D eigenvalue weighted by atomic mass is 16.5. The van der Waals surface area contributed by atoms with Crippen LogP contribution in [0.1, 0.15) is 6.92 Å². The number of hydrogen-bond donors (Lipinski definition) is 1. The summed E-state index contributed by atoms with van der Waals surface area (Å²) in [6.07, 6.45) is -0.451. The van der Waals surface area contributed by atoms with Gasteiger partial charge in [0.2, 0.25) is 0 Å². The third-order valence-electron chi connectivity index (χ3n) is 1.67. The number of para-hydroxylation sites is 1. The molecule has 13 heavy (non-hydrogen) atoms. The number of rotatable bonds is 3. The van der Waals surface area contributed by atoms with E-state index < -0.39 is 6.10 Å². The summed E-state index contributed by atoms with van der Waals surface area (Å²) in [5.74, 6) is 0.586. The van der Waals surface area contributed by atoms with E-state index in [1.807, 2.05) is 30.3 Å². The molecule has 0 aromatic heterocycles. The third kappa shape index (κ3) is 2.78. The fourth-order valence-electron chi connectivity index (χ4n) is 0.960. The van der Waals surface area contributed by atoms with Gasteiger partial charge in [0.1, 0.15) is 5.75 Å². The van der Waals surface area contributed by atoms with E-state index in [1.54, 1.807) is 14.0 Å². The molecular weight excluding hydrogens is 166 g/mol. The molecular formula is C10H13NO2. The van der Waals surface area contributed by atoms with Gasteiger partial charge in [0.25, 0.3) is 5.91 Å². The normalized spacial score (nSPS) is 11.8. The predicted octanol–water partition coefficient (Wildman–Crippen LogP) is 1.20. The minimum Gasteiger partial charge on any atom is -0.481 e. The van der Waals surface area contributed by atoms with Crippen LogP contribution < -0.4 is 10.1 Å². The van der Waals surface area contributed by atoms with Gasteiger partial charge in [-0.2, -0.15) is 0 Å². The summed E-state index contributed by atoms with van der Waals surface area (Å²) < 4.78 is 5.35. The molecule has 3 nitrogen and oxygen atoms in total. The first kappa shape index (κ1) is 9.58. The van der Waals surface area contributed by atoms with E-state index in [2.05, 4.69) is 5.32 Å². The van der Waals surface area contributed by atoms with Crippen molar-refractivity contribution in [1.82, 2.24) is 5.32 Å². The highest BCUT2D eigenvalue weighted by molar-refractivity contribution is 5.80. The summed E-state index contributed by atoms with van der Waals surface area (Å²) in [7, 11) is 1.59. The molecule has 3 heteroatoms. The molecule has 0 saturated carbocycles. The van der Waals surface area contributed by atoms with E-state index >= 15 is 0 Å². The van der Waals surface area contributed by atoms with Crippen molar-refractivity contribution < 1.29 is 9.53 Å². The average molecular weight is 179 g/mol. The molecule has 1 N–H and O–H groups in total. The zero-order chi connectivity index (χ0) is 9.68. The number of nitrogens with one attached hydrogen (secondary N) is 1. The number of carbonyl (C=O) groups is 1. The maximum Gasteiger partial charge on any atom is 0.260 e. The maximum atomic E-state index is 11.1. The second-order valence-corrected chi connectivity index (χ2v) is 2.69. The molecule has 1 amide bonds. The molecule has 0 aliphatic rings. The average Bonchev–Trinajstić information content (AvgIpc) is 2.18. The molecule has 1 aromatic rings. The lowest BCUT2D eigenvalue weighted by Crippen LogP contribution is -2.33. The predicted molar refractivity (Wildman–Crippen MR) is 50.6 cm³/mol. The van der Waals surface area contributed by atoms with Crippen LogP contribution >= 0.6 is 0 Å². The zero-order valence-corrected chi connectivity index (χ0v) is 7.78. The summed E-state index contributed by atoms with van der Waals surface area (Å²) in [6, 6.07) is 9.27. The van der Waals surface area contributed by atoms with Crippen molar-refractivity contribution in [2.24, 2.45) is 0 Å². The Labute approximate surface area is 77.7 Å². The molecule has 0 bridgehead atoms. The van der Waals surface area contributed by atoms with E-state index in [0.29, 0.717) is 5.75 Å². The minimum atomic E-state index is -0.451.